The highest BCUT2D eigenvalue weighted by Gasteiger charge is 2.31. The lowest BCUT2D eigenvalue weighted by Gasteiger charge is -2.20. The predicted molar refractivity (Wildman–Crippen MR) is 41.6 cm³/mol. The van der Waals surface area contributed by atoms with Crippen LogP contribution < -0.4 is 5.73 Å². The number of hydrogen-bond acceptors (Lipinski definition) is 3. The molecule has 12 heavy (non-hydrogen) atoms. The molecule has 70 valence electrons. The van der Waals surface area contributed by atoms with Crippen LogP contribution in [-0.2, 0) is 9.59 Å². The maximum Gasteiger partial charge on any atom is 0.320 e. The zero-order chi connectivity index (χ0) is 9.94. The molecule has 0 aliphatic rings. The van der Waals surface area contributed by atoms with Crippen molar-refractivity contribution in [2.75, 3.05) is 0 Å². The fourth-order valence-electron chi connectivity index (χ4n) is 0.724. The van der Waals surface area contributed by atoms with Gasteiger partial charge in [0.15, 0.2) is 0 Å². The van der Waals surface area contributed by atoms with E-state index in [0.717, 1.165) is 0 Å². The minimum absolute atomic E-state index is 0.0718. The Hall–Kier alpha value is -1.10. The largest absolute Gasteiger partial charge is 0.481 e. The van der Waals surface area contributed by atoms with Gasteiger partial charge in [0.25, 0.3) is 0 Å². The molecule has 0 spiro atoms. The first kappa shape index (κ1) is 10.9. The second-order valence-corrected chi connectivity index (χ2v) is 3.34. The highest BCUT2D eigenvalue weighted by Crippen LogP contribution is 2.21. The summed E-state index contributed by atoms with van der Waals surface area (Å²) in [6, 6.07) is -1.11. The van der Waals surface area contributed by atoms with Crippen LogP contribution in [0.15, 0.2) is 0 Å². The maximum absolute atomic E-state index is 10.5. The van der Waals surface area contributed by atoms with Gasteiger partial charge < -0.3 is 15.9 Å². The van der Waals surface area contributed by atoms with E-state index in [-0.39, 0.29) is 6.42 Å². The molecule has 0 aromatic carbocycles. The summed E-state index contributed by atoms with van der Waals surface area (Å²) in [6.45, 7) is 2.89. The Kier molecular flexibility index (Phi) is 3.21. The molecule has 5 heteroatoms. The van der Waals surface area contributed by atoms with Crippen LogP contribution in [0.4, 0.5) is 0 Å². The summed E-state index contributed by atoms with van der Waals surface area (Å²) in [4.78, 5) is 20.8. The number of rotatable bonds is 4. The van der Waals surface area contributed by atoms with Crippen molar-refractivity contribution in [3.05, 3.63) is 0 Å². The van der Waals surface area contributed by atoms with E-state index >= 15 is 0 Å². The Morgan fingerprint density at radius 2 is 1.83 bits per heavy atom. The van der Waals surface area contributed by atoms with E-state index in [1.54, 1.807) is 0 Å². The molecule has 0 heterocycles. The van der Waals surface area contributed by atoms with E-state index in [2.05, 4.69) is 0 Å². The zero-order valence-electron chi connectivity index (χ0n) is 7.07. The van der Waals surface area contributed by atoms with Crippen LogP contribution in [0.25, 0.3) is 0 Å². The van der Waals surface area contributed by atoms with Crippen molar-refractivity contribution in [2.24, 2.45) is 11.1 Å². The summed E-state index contributed by atoms with van der Waals surface area (Å²) in [7, 11) is 0. The number of nitrogens with two attached hydrogens (primary N) is 1. The highest BCUT2D eigenvalue weighted by atomic mass is 16.4. The molecule has 4 N–H and O–H groups in total. The average Bonchev–Trinajstić information content (AvgIpc) is 1.85. The van der Waals surface area contributed by atoms with E-state index in [1.807, 2.05) is 0 Å². The molecular weight excluding hydrogens is 162 g/mol. The van der Waals surface area contributed by atoms with Gasteiger partial charge in [0.1, 0.15) is 6.04 Å². The Balaban J connectivity index is 4.24. The van der Waals surface area contributed by atoms with E-state index in [4.69, 9.17) is 15.9 Å². The second-order valence-electron chi connectivity index (χ2n) is 3.34. The number of carboxylic acid groups (broad SMARTS) is 2. The van der Waals surface area contributed by atoms with E-state index in [0.29, 0.717) is 0 Å². The first-order chi connectivity index (χ1) is 5.27. The molecule has 0 aliphatic heterocycles. The smallest absolute Gasteiger partial charge is 0.320 e. The predicted octanol–water partition coefficient (Wildman–Crippen LogP) is -0.101. The molecule has 0 saturated carbocycles. The molecule has 0 amide bonds. The number of carbonyl (C=O) groups is 2. The standard InChI is InChI=1S/C7H13NO4/c1-7(2,6(11)12)3-4(8)5(9)10/h4H,3,8H2,1-2H3,(H,9,10)(H,11,12). The van der Waals surface area contributed by atoms with Gasteiger partial charge in [-0.15, -0.1) is 0 Å². The fourth-order valence-corrected chi connectivity index (χ4v) is 0.724. The lowest BCUT2D eigenvalue weighted by Crippen LogP contribution is -2.38. The summed E-state index contributed by atoms with van der Waals surface area (Å²) in [5.41, 5.74) is 4.09. The zero-order valence-corrected chi connectivity index (χ0v) is 7.07. The summed E-state index contributed by atoms with van der Waals surface area (Å²) in [5, 5.41) is 17.0. The van der Waals surface area contributed by atoms with Crippen molar-refractivity contribution in [1.82, 2.24) is 0 Å². The van der Waals surface area contributed by atoms with Crippen LogP contribution in [0.5, 0.6) is 0 Å². The van der Waals surface area contributed by atoms with Crippen LogP contribution in [0.2, 0.25) is 0 Å². The number of hydrogen-bond donors (Lipinski definition) is 3. The third-order valence-electron chi connectivity index (χ3n) is 1.63. The van der Waals surface area contributed by atoms with Gasteiger partial charge in [0, 0.05) is 0 Å². The van der Waals surface area contributed by atoms with Gasteiger partial charge in [-0.25, -0.2) is 0 Å². The molecule has 0 saturated heterocycles. The van der Waals surface area contributed by atoms with Gasteiger partial charge in [-0.05, 0) is 20.3 Å². The molecule has 0 rings (SSSR count). The van der Waals surface area contributed by atoms with E-state index in [1.165, 1.54) is 13.8 Å². The maximum atomic E-state index is 10.5. The van der Waals surface area contributed by atoms with E-state index < -0.39 is 23.4 Å². The summed E-state index contributed by atoms with van der Waals surface area (Å²) >= 11 is 0. The van der Waals surface area contributed by atoms with Crippen molar-refractivity contribution < 1.29 is 19.8 Å². The number of carboxylic acids is 2. The van der Waals surface area contributed by atoms with Gasteiger partial charge in [-0.2, -0.15) is 0 Å². The van der Waals surface area contributed by atoms with Crippen LogP contribution in [0.3, 0.4) is 0 Å². The molecule has 5 nitrogen and oxygen atoms in total. The minimum atomic E-state index is -1.18. The highest BCUT2D eigenvalue weighted by molar-refractivity contribution is 5.77. The van der Waals surface area contributed by atoms with E-state index in [9.17, 15) is 9.59 Å². The lowest BCUT2D eigenvalue weighted by atomic mass is 9.86. The third kappa shape index (κ3) is 2.87. The van der Waals surface area contributed by atoms with Crippen molar-refractivity contribution >= 4 is 11.9 Å². The van der Waals surface area contributed by atoms with Gasteiger partial charge in [0.2, 0.25) is 0 Å². The number of aliphatic carboxylic acids is 2. The molecule has 0 fully saturated rings. The fraction of sp³-hybridized carbons (Fsp3) is 0.714. The second kappa shape index (κ2) is 3.53. The van der Waals surface area contributed by atoms with Crippen LogP contribution in [0, 0.1) is 5.41 Å². The van der Waals surface area contributed by atoms with Crippen molar-refractivity contribution in [2.45, 2.75) is 26.3 Å². The third-order valence-corrected chi connectivity index (χ3v) is 1.63. The van der Waals surface area contributed by atoms with Crippen LogP contribution in [-0.4, -0.2) is 28.2 Å². The van der Waals surface area contributed by atoms with Gasteiger partial charge in [-0.1, -0.05) is 0 Å². The van der Waals surface area contributed by atoms with Crippen LogP contribution >= 0.6 is 0 Å². The summed E-state index contributed by atoms with van der Waals surface area (Å²) in [5.74, 6) is -2.22. The minimum Gasteiger partial charge on any atom is -0.481 e. The Bertz CT molecular complexity index is 200. The first-order valence-corrected chi connectivity index (χ1v) is 3.49. The molecule has 0 aromatic heterocycles. The monoisotopic (exact) mass is 175 g/mol. The normalized spacial score (nSPS) is 13.9. The quantitative estimate of drug-likeness (QED) is 0.553. The molecule has 1 atom stereocenters. The molecule has 0 bridgehead atoms. The Morgan fingerprint density at radius 1 is 1.42 bits per heavy atom. The van der Waals surface area contributed by atoms with Gasteiger partial charge in [-0.3, -0.25) is 9.59 Å². The molecule has 0 aliphatic carbocycles. The van der Waals surface area contributed by atoms with Crippen molar-refractivity contribution in [3.8, 4) is 0 Å². The Labute approximate surface area is 70.2 Å². The van der Waals surface area contributed by atoms with Crippen molar-refractivity contribution in [3.63, 3.8) is 0 Å². The summed E-state index contributed by atoms with van der Waals surface area (Å²) in [6.07, 6.45) is -0.0718. The SMILES string of the molecule is CC(C)(CC(N)C(=O)O)C(=O)O. The summed E-state index contributed by atoms with van der Waals surface area (Å²) < 4.78 is 0. The molecule has 1 unspecified atom stereocenters. The molecular formula is C7H13NO4. The van der Waals surface area contributed by atoms with Gasteiger partial charge in [0.05, 0.1) is 5.41 Å². The molecule has 0 radical (unpaired) electrons. The van der Waals surface area contributed by atoms with Crippen LogP contribution in [0.1, 0.15) is 20.3 Å². The van der Waals surface area contributed by atoms with Crippen molar-refractivity contribution in [1.29, 1.82) is 0 Å². The van der Waals surface area contributed by atoms with Gasteiger partial charge >= 0.3 is 11.9 Å². The topological polar surface area (TPSA) is 101 Å². The Morgan fingerprint density at radius 3 is 2.08 bits per heavy atom. The lowest BCUT2D eigenvalue weighted by molar-refractivity contribution is -0.148. The average molecular weight is 175 g/mol. The molecule has 0 aromatic rings. The first-order valence-electron chi connectivity index (χ1n) is 3.49.